The molecule has 2 amide bonds. The predicted octanol–water partition coefficient (Wildman–Crippen LogP) is 2.48. The van der Waals surface area contributed by atoms with Crippen LogP contribution in [0.5, 0.6) is 0 Å². The molecule has 2 aliphatic rings. The Kier molecular flexibility index (Phi) is 6.40. The molecule has 2 aromatic rings. The fourth-order valence-electron chi connectivity index (χ4n) is 3.91. The predicted molar refractivity (Wildman–Crippen MR) is 112 cm³/mol. The molecule has 0 atom stereocenters. The van der Waals surface area contributed by atoms with E-state index in [0.29, 0.717) is 24.2 Å². The van der Waals surface area contributed by atoms with Gasteiger partial charge in [-0.1, -0.05) is 6.07 Å². The third-order valence-corrected chi connectivity index (χ3v) is 5.62. The lowest BCUT2D eigenvalue weighted by molar-refractivity contribution is 0.0374. The molecule has 0 aliphatic carbocycles. The van der Waals surface area contributed by atoms with Crippen molar-refractivity contribution in [3.63, 3.8) is 0 Å². The quantitative estimate of drug-likeness (QED) is 0.742. The second-order valence-corrected chi connectivity index (χ2v) is 7.62. The molecule has 6 nitrogen and oxygen atoms in total. The van der Waals surface area contributed by atoms with Crippen molar-refractivity contribution in [3.8, 4) is 0 Å². The Labute approximate surface area is 175 Å². The van der Waals surface area contributed by atoms with Gasteiger partial charge in [0.25, 0.3) is 11.8 Å². The molecule has 2 aromatic carbocycles. The minimum absolute atomic E-state index is 0.138. The monoisotopic (exact) mass is 411 g/mol. The number of nitrogens with one attached hydrogen (secondary N) is 1. The van der Waals surface area contributed by atoms with Gasteiger partial charge >= 0.3 is 0 Å². The van der Waals surface area contributed by atoms with Crippen LogP contribution in [0, 0.1) is 5.82 Å². The first-order chi connectivity index (χ1) is 14.6. The van der Waals surface area contributed by atoms with Gasteiger partial charge in [-0.15, -0.1) is 0 Å². The zero-order valence-corrected chi connectivity index (χ0v) is 16.9. The third-order valence-electron chi connectivity index (χ3n) is 5.62. The summed E-state index contributed by atoms with van der Waals surface area (Å²) >= 11 is 0. The van der Waals surface area contributed by atoms with Crippen molar-refractivity contribution in [2.24, 2.45) is 0 Å². The van der Waals surface area contributed by atoms with Crippen molar-refractivity contribution in [2.75, 3.05) is 50.8 Å². The number of benzene rings is 2. The van der Waals surface area contributed by atoms with Crippen molar-refractivity contribution < 1.29 is 18.7 Å². The molecule has 0 radical (unpaired) electrons. The molecule has 4 rings (SSSR count). The third kappa shape index (κ3) is 4.68. The number of amides is 2. The largest absolute Gasteiger partial charge is 0.379 e. The van der Waals surface area contributed by atoms with Gasteiger partial charge in [-0.05, 0) is 61.3 Å². The minimum atomic E-state index is -0.374. The smallest absolute Gasteiger partial charge is 0.258 e. The number of morpholine rings is 1. The van der Waals surface area contributed by atoms with Gasteiger partial charge in [0.05, 0.1) is 13.2 Å². The average molecular weight is 411 g/mol. The number of carbonyl (C=O) groups excluding carboxylic acids is 2. The molecule has 0 unspecified atom stereocenters. The Hall–Kier alpha value is -2.77. The van der Waals surface area contributed by atoms with Crippen LogP contribution in [0.1, 0.15) is 32.7 Å². The highest BCUT2D eigenvalue weighted by Gasteiger charge is 2.26. The molecule has 0 aromatic heterocycles. The van der Waals surface area contributed by atoms with Crippen molar-refractivity contribution in [2.45, 2.75) is 12.8 Å². The number of hydrogen-bond donors (Lipinski definition) is 1. The van der Waals surface area contributed by atoms with Crippen LogP contribution >= 0.6 is 0 Å². The number of anilines is 1. The molecule has 1 fully saturated rings. The van der Waals surface area contributed by atoms with Gasteiger partial charge in [-0.3, -0.25) is 14.5 Å². The normalized spacial score (nSPS) is 16.4. The highest BCUT2D eigenvalue weighted by Crippen LogP contribution is 2.30. The van der Waals surface area contributed by atoms with Crippen LogP contribution in [0.2, 0.25) is 0 Å². The van der Waals surface area contributed by atoms with E-state index in [2.05, 4.69) is 10.2 Å². The van der Waals surface area contributed by atoms with Gasteiger partial charge in [-0.2, -0.15) is 0 Å². The summed E-state index contributed by atoms with van der Waals surface area (Å²) in [5.41, 5.74) is 2.76. The summed E-state index contributed by atoms with van der Waals surface area (Å²) in [5, 5.41) is 2.97. The fraction of sp³-hybridized carbons (Fsp3) is 0.391. The van der Waals surface area contributed by atoms with E-state index in [1.54, 1.807) is 11.0 Å². The Morgan fingerprint density at radius 3 is 2.50 bits per heavy atom. The van der Waals surface area contributed by atoms with Crippen LogP contribution in [-0.4, -0.2) is 62.7 Å². The minimum Gasteiger partial charge on any atom is -0.379 e. The van der Waals surface area contributed by atoms with E-state index in [9.17, 15) is 14.0 Å². The Morgan fingerprint density at radius 2 is 1.73 bits per heavy atom. The van der Waals surface area contributed by atoms with Crippen molar-refractivity contribution in [1.82, 2.24) is 10.2 Å². The number of ether oxygens (including phenoxy) is 1. The van der Waals surface area contributed by atoms with Gasteiger partial charge < -0.3 is 15.0 Å². The number of rotatable bonds is 6. The molecule has 7 heteroatoms. The second kappa shape index (κ2) is 9.36. The number of fused-ring (bicyclic) bond motifs is 1. The zero-order valence-electron chi connectivity index (χ0n) is 16.9. The molecular weight excluding hydrogens is 385 g/mol. The maximum atomic E-state index is 13.2. The fourth-order valence-corrected chi connectivity index (χ4v) is 3.91. The molecule has 0 bridgehead atoms. The number of carbonyl (C=O) groups is 2. The van der Waals surface area contributed by atoms with Gasteiger partial charge in [0.2, 0.25) is 0 Å². The first-order valence-electron chi connectivity index (χ1n) is 10.4. The lowest BCUT2D eigenvalue weighted by Gasteiger charge is -2.26. The first-order valence-corrected chi connectivity index (χ1v) is 10.4. The van der Waals surface area contributed by atoms with Crippen molar-refractivity contribution >= 4 is 17.5 Å². The van der Waals surface area contributed by atoms with Crippen LogP contribution < -0.4 is 10.2 Å². The molecule has 1 saturated heterocycles. The summed E-state index contributed by atoms with van der Waals surface area (Å²) in [6.07, 6.45) is 1.62. The average Bonchev–Trinajstić information content (AvgIpc) is 3.20. The van der Waals surface area contributed by atoms with Crippen LogP contribution in [0.4, 0.5) is 10.1 Å². The van der Waals surface area contributed by atoms with Crippen LogP contribution in [0.3, 0.4) is 0 Å². The van der Waals surface area contributed by atoms with E-state index in [0.717, 1.165) is 56.9 Å². The van der Waals surface area contributed by atoms with Crippen molar-refractivity contribution in [1.29, 1.82) is 0 Å². The van der Waals surface area contributed by atoms with Gasteiger partial charge in [0, 0.05) is 43.0 Å². The van der Waals surface area contributed by atoms with Crippen LogP contribution in [0.15, 0.2) is 42.5 Å². The maximum absolute atomic E-state index is 13.2. The highest BCUT2D eigenvalue weighted by molar-refractivity contribution is 6.08. The first kappa shape index (κ1) is 20.5. The Balaban J connectivity index is 1.36. The molecule has 2 heterocycles. The summed E-state index contributed by atoms with van der Waals surface area (Å²) in [5.74, 6) is -0.696. The SMILES string of the molecule is O=C(NCCCN1CCOCC1)c1ccc2c(c1)N(C(=O)c1ccc(F)cc1)CC2. The molecule has 0 saturated carbocycles. The number of hydrogen-bond acceptors (Lipinski definition) is 4. The molecule has 158 valence electrons. The topological polar surface area (TPSA) is 61.9 Å². The molecule has 1 N–H and O–H groups in total. The highest BCUT2D eigenvalue weighted by atomic mass is 19.1. The van der Waals surface area contributed by atoms with Crippen LogP contribution in [-0.2, 0) is 11.2 Å². The number of nitrogens with zero attached hydrogens (tertiary/aromatic N) is 2. The molecule has 0 spiro atoms. The van der Waals surface area contributed by atoms with Crippen molar-refractivity contribution in [3.05, 3.63) is 65.0 Å². The number of halogens is 1. The van der Waals surface area contributed by atoms with E-state index < -0.39 is 0 Å². The van der Waals surface area contributed by atoms with Crippen LogP contribution in [0.25, 0.3) is 0 Å². The van der Waals surface area contributed by atoms with E-state index in [1.807, 2.05) is 12.1 Å². The second-order valence-electron chi connectivity index (χ2n) is 7.62. The van der Waals surface area contributed by atoms with E-state index >= 15 is 0 Å². The summed E-state index contributed by atoms with van der Waals surface area (Å²) in [6.45, 7) is 5.52. The van der Waals surface area contributed by atoms with E-state index in [4.69, 9.17) is 4.74 Å². The van der Waals surface area contributed by atoms with E-state index in [-0.39, 0.29) is 17.6 Å². The van der Waals surface area contributed by atoms with Gasteiger partial charge in [0.1, 0.15) is 5.82 Å². The summed E-state index contributed by atoms with van der Waals surface area (Å²) in [7, 11) is 0. The Morgan fingerprint density at radius 1 is 1.00 bits per heavy atom. The van der Waals surface area contributed by atoms with Gasteiger partial charge in [-0.25, -0.2) is 4.39 Å². The maximum Gasteiger partial charge on any atom is 0.258 e. The summed E-state index contributed by atoms with van der Waals surface area (Å²) in [6, 6.07) is 11.0. The van der Waals surface area contributed by atoms with E-state index in [1.165, 1.54) is 24.3 Å². The lowest BCUT2D eigenvalue weighted by Crippen LogP contribution is -2.38. The lowest BCUT2D eigenvalue weighted by atomic mass is 10.1. The molecule has 2 aliphatic heterocycles. The summed E-state index contributed by atoms with van der Waals surface area (Å²) < 4.78 is 18.5. The zero-order chi connectivity index (χ0) is 20.9. The Bertz CT molecular complexity index is 910. The molecular formula is C23H26FN3O3. The standard InChI is InChI=1S/C23H26FN3O3/c24-20-6-4-18(5-7-20)23(29)27-11-8-17-2-3-19(16-21(17)27)22(28)25-9-1-10-26-12-14-30-15-13-26/h2-7,16H,1,8-15H2,(H,25,28). The molecule has 30 heavy (non-hydrogen) atoms. The van der Waals surface area contributed by atoms with Gasteiger partial charge in [0.15, 0.2) is 0 Å². The summed E-state index contributed by atoms with van der Waals surface area (Å²) in [4.78, 5) is 29.4.